The summed E-state index contributed by atoms with van der Waals surface area (Å²) in [5.74, 6) is -0.886. The van der Waals surface area contributed by atoms with Gasteiger partial charge in [-0.15, -0.1) is 0 Å². The van der Waals surface area contributed by atoms with Crippen LogP contribution < -0.4 is 5.43 Å². The van der Waals surface area contributed by atoms with Gasteiger partial charge in [0.05, 0.1) is 0 Å². The second-order valence-electron chi connectivity index (χ2n) is 4.93. The average Bonchev–Trinajstić information content (AvgIpc) is 2.39. The summed E-state index contributed by atoms with van der Waals surface area (Å²) in [4.78, 5) is 23.3. The lowest BCUT2D eigenvalue weighted by Crippen LogP contribution is -2.24. The van der Waals surface area contributed by atoms with Crippen molar-refractivity contribution in [2.75, 3.05) is 0 Å². The Morgan fingerprint density at radius 3 is 2.56 bits per heavy atom. The van der Waals surface area contributed by atoms with Crippen LogP contribution in [-0.2, 0) is 6.54 Å². The summed E-state index contributed by atoms with van der Waals surface area (Å²) in [5, 5.41) is 9.10. The number of aromatic carboxylic acids is 1. The molecule has 1 aromatic rings. The highest BCUT2D eigenvalue weighted by atomic mass is 16.4. The van der Waals surface area contributed by atoms with Gasteiger partial charge in [-0.05, 0) is 25.7 Å². The van der Waals surface area contributed by atoms with Crippen LogP contribution in [0.1, 0.15) is 60.9 Å². The third-order valence-corrected chi connectivity index (χ3v) is 3.75. The van der Waals surface area contributed by atoms with E-state index in [0.717, 1.165) is 25.7 Å². The number of nitrogens with zero attached hydrogens (tertiary/aromatic N) is 1. The number of pyridine rings is 1. The minimum Gasteiger partial charge on any atom is -0.477 e. The number of aryl methyl sites for hydroxylation is 1. The molecule has 1 fully saturated rings. The van der Waals surface area contributed by atoms with Crippen LogP contribution in [0.4, 0.5) is 0 Å². The number of rotatable bonds is 3. The third kappa shape index (κ3) is 2.47. The van der Waals surface area contributed by atoms with Crippen molar-refractivity contribution in [1.29, 1.82) is 0 Å². The van der Waals surface area contributed by atoms with Gasteiger partial charge >= 0.3 is 5.97 Å². The predicted octanol–water partition coefficient (Wildman–Crippen LogP) is 2.61. The molecule has 1 aliphatic rings. The molecule has 1 aliphatic carbocycles. The largest absolute Gasteiger partial charge is 0.477 e. The highest BCUT2D eigenvalue weighted by molar-refractivity contribution is 5.87. The van der Waals surface area contributed by atoms with E-state index in [1.165, 1.54) is 12.6 Å². The summed E-state index contributed by atoms with van der Waals surface area (Å²) in [7, 11) is 0. The minimum absolute atomic E-state index is 0.0973. The van der Waals surface area contributed by atoms with Crippen molar-refractivity contribution in [3.63, 3.8) is 0 Å². The zero-order valence-electron chi connectivity index (χ0n) is 10.7. The molecule has 98 valence electrons. The normalized spacial score (nSPS) is 16.7. The van der Waals surface area contributed by atoms with Gasteiger partial charge < -0.3 is 9.67 Å². The van der Waals surface area contributed by atoms with E-state index in [0.29, 0.717) is 12.1 Å². The van der Waals surface area contributed by atoms with Crippen LogP contribution in [0.5, 0.6) is 0 Å². The fourth-order valence-electron chi connectivity index (χ4n) is 2.69. The quantitative estimate of drug-likeness (QED) is 0.895. The molecule has 1 aromatic heterocycles. The van der Waals surface area contributed by atoms with E-state index in [1.807, 2.05) is 13.1 Å². The molecule has 0 aliphatic heterocycles. The lowest BCUT2D eigenvalue weighted by atomic mass is 9.84. The third-order valence-electron chi connectivity index (χ3n) is 3.75. The summed E-state index contributed by atoms with van der Waals surface area (Å²) in [6.07, 6.45) is 8.77. The van der Waals surface area contributed by atoms with Crippen LogP contribution in [0.15, 0.2) is 17.2 Å². The van der Waals surface area contributed by atoms with Crippen LogP contribution in [0, 0.1) is 0 Å². The minimum atomic E-state index is -1.13. The lowest BCUT2D eigenvalue weighted by Gasteiger charge is -2.22. The van der Waals surface area contributed by atoms with Crippen molar-refractivity contribution in [2.24, 2.45) is 0 Å². The van der Waals surface area contributed by atoms with Gasteiger partial charge in [0, 0.05) is 24.5 Å². The standard InChI is InChI=1S/C14H19NO3/c1-2-15-8-11(10-6-4-3-5-7-10)13(16)12(9-15)14(17)18/h8-10H,2-7H2,1H3,(H,17,18). The second-order valence-corrected chi connectivity index (χ2v) is 4.93. The fraction of sp³-hybridized carbons (Fsp3) is 0.571. The highest BCUT2D eigenvalue weighted by Gasteiger charge is 2.22. The van der Waals surface area contributed by atoms with E-state index in [9.17, 15) is 9.59 Å². The van der Waals surface area contributed by atoms with Gasteiger partial charge in [-0.2, -0.15) is 0 Å². The Balaban J connectivity index is 2.47. The number of hydrogen-bond acceptors (Lipinski definition) is 2. The first-order chi connectivity index (χ1) is 8.63. The maximum Gasteiger partial charge on any atom is 0.341 e. The summed E-state index contributed by atoms with van der Waals surface area (Å²) in [6, 6.07) is 0. The van der Waals surface area contributed by atoms with Gasteiger partial charge in [-0.3, -0.25) is 4.79 Å². The number of carboxylic acids is 1. The molecule has 0 atom stereocenters. The molecule has 0 saturated heterocycles. The maximum absolute atomic E-state index is 12.2. The van der Waals surface area contributed by atoms with E-state index in [4.69, 9.17) is 5.11 Å². The van der Waals surface area contributed by atoms with Crippen LogP contribution in [0.25, 0.3) is 0 Å². The Hall–Kier alpha value is -1.58. The molecule has 0 bridgehead atoms. The Morgan fingerprint density at radius 1 is 1.33 bits per heavy atom. The molecule has 0 spiro atoms. The van der Waals surface area contributed by atoms with Gasteiger partial charge in [-0.25, -0.2) is 4.79 Å². The van der Waals surface area contributed by atoms with E-state index >= 15 is 0 Å². The van der Waals surface area contributed by atoms with E-state index < -0.39 is 5.97 Å². The maximum atomic E-state index is 12.2. The topological polar surface area (TPSA) is 59.3 Å². The van der Waals surface area contributed by atoms with Crippen LogP contribution in [0.3, 0.4) is 0 Å². The smallest absolute Gasteiger partial charge is 0.341 e. The van der Waals surface area contributed by atoms with Crippen LogP contribution in [-0.4, -0.2) is 15.6 Å². The number of hydrogen-bond donors (Lipinski definition) is 1. The van der Waals surface area contributed by atoms with Crippen LogP contribution in [0.2, 0.25) is 0 Å². The Morgan fingerprint density at radius 2 is 2.00 bits per heavy atom. The molecule has 18 heavy (non-hydrogen) atoms. The van der Waals surface area contributed by atoms with Crippen molar-refractivity contribution in [2.45, 2.75) is 51.5 Å². The second kappa shape index (κ2) is 5.38. The molecule has 1 saturated carbocycles. The number of aromatic nitrogens is 1. The molecule has 0 unspecified atom stereocenters. The molecule has 0 radical (unpaired) electrons. The van der Waals surface area contributed by atoms with Gasteiger partial charge in [-0.1, -0.05) is 19.3 Å². The first kappa shape index (κ1) is 12.9. The summed E-state index contributed by atoms with van der Waals surface area (Å²) >= 11 is 0. The van der Waals surface area contributed by atoms with E-state index in [-0.39, 0.29) is 16.9 Å². The van der Waals surface area contributed by atoms with Gasteiger partial charge in [0.1, 0.15) is 5.56 Å². The van der Waals surface area contributed by atoms with Crippen molar-refractivity contribution in [3.05, 3.63) is 33.7 Å². The summed E-state index contributed by atoms with van der Waals surface area (Å²) < 4.78 is 1.80. The molecule has 1 N–H and O–H groups in total. The van der Waals surface area contributed by atoms with Gasteiger partial charge in [0.25, 0.3) is 0 Å². The van der Waals surface area contributed by atoms with Crippen molar-refractivity contribution in [1.82, 2.24) is 4.57 Å². The molecule has 0 amide bonds. The SMILES string of the molecule is CCn1cc(C(=O)O)c(=O)c(C2CCCCC2)c1. The van der Waals surface area contributed by atoms with Gasteiger partial charge in [0.15, 0.2) is 5.43 Å². The van der Waals surface area contributed by atoms with Gasteiger partial charge in [0.2, 0.25) is 0 Å². The van der Waals surface area contributed by atoms with E-state index in [2.05, 4.69) is 0 Å². The zero-order chi connectivity index (χ0) is 13.1. The molecular formula is C14H19NO3. The van der Waals surface area contributed by atoms with Crippen molar-refractivity contribution >= 4 is 5.97 Å². The monoisotopic (exact) mass is 249 g/mol. The molecular weight excluding hydrogens is 230 g/mol. The average molecular weight is 249 g/mol. The van der Waals surface area contributed by atoms with Crippen molar-refractivity contribution < 1.29 is 9.90 Å². The first-order valence-electron chi connectivity index (χ1n) is 6.60. The predicted molar refractivity (Wildman–Crippen MR) is 69.2 cm³/mol. The highest BCUT2D eigenvalue weighted by Crippen LogP contribution is 2.30. The fourth-order valence-corrected chi connectivity index (χ4v) is 2.69. The Labute approximate surface area is 106 Å². The molecule has 2 rings (SSSR count). The summed E-state index contributed by atoms with van der Waals surface area (Å²) in [6.45, 7) is 2.63. The summed E-state index contributed by atoms with van der Waals surface area (Å²) in [5.41, 5.74) is 0.301. The first-order valence-corrected chi connectivity index (χ1v) is 6.60. The number of carboxylic acid groups (broad SMARTS) is 1. The molecule has 0 aromatic carbocycles. The van der Waals surface area contributed by atoms with Crippen LogP contribution >= 0.6 is 0 Å². The van der Waals surface area contributed by atoms with Crippen molar-refractivity contribution in [3.8, 4) is 0 Å². The molecule has 4 heteroatoms. The number of carbonyl (C=O) groups is 1. The zero-order valence-corrected chi connectivity index (χ0v) is 10.7. The molecule has 1 heterocycles. The Kier molecular flexibility index (Phi) is 3.84. The molecule has 4 nitrogen and oxygen atoms in total. The Bertz CT molecular complexity index is 498. The lowest BCUT2D eigenvalue weighted by molar-refractivity contribution is 0.0694. The van der Waals surface area contributed by atoms with E-state index in [1.54, 1.807) is 4.57 Å².